The van der Waals surface area contributed by atoms with Gasteiger partial charge in [-0.25, -0.2) is 0 Å². The molecule has 1 aromatic rings. The van der Waals surface area contributed by atoms with Crippen LogP contribution < -0.4 is 15.0 Å². The minimum Gasteiger partial charge on any atom is -0.495 e. The van der Waals surface area contributed by atoms with E-state index in [-0.39, 0.29) is 42.0 Å². The lowest BCUT2D eigenvalue weighted by Gasteiger charge is -2.33. The van der Waals surface area contributed by atoms with Crippen LogP contribution in [0.3, 0.4) is 0 Å². The number of methoxy groups -OCH3 is 1. The fourth-order valence-electron chi connectivity index (χ4n) is 4.09. The summed E-state index contributed by atoms with van der Waals surface area (Å²) < 4.78 is 5.37. The number of carbonyl (C=O) groups is 3. The van der Waals surface area contributed by atoms with E-state index >= 15 is 0 Å². The molecule has 0 saturated carbocycles. The predicted molar refractivity (Wildman–Crippen MR) is 115 cm³/mol. The zero-order chi connectivity index (χ0) is 21.8. The predicted octanol–water partition coefficient (Wildman–Crippen LogP) is 2.45. The summed E-state index contributed by atoms with van der Waals surface area (Å²) in [5, 5.41) is 3.08. The van der Waals surface area contributed by atoms with Crippen molar-refractivity contribution in [3.8, 4) is 5.75 Å². The van der Waals surface area contributed by atoms with Gasteiger partial charge in [0.1, 0.15) is 5.75 Å². The van der Waals surface area contributed by atoms with E-state index in [1.807, 2.05) is 36.1 Å². The highest BCUT2D eigenvalue weighted by atomic mass is 16.5. The van der Waals surface area contributed by atoms with Crippen LogP contribution in [-0.2, 0) is 14.4 Å². The second-order valence-electron chi connectivity index (χ2n) is 8.72. The number of ether oxygens (including phenoxy) is 1. The molecule has 3 rings (SSSR count). The first-order chi connectivity index (χ1) is 14.3. The lowest BCUT2D eigenvalue weighted by Crippen LogP contribution is -2.47. The van der Waals surface area contributed by atoms with Gasteiger partial charge >= 0.3 is 0 Å². The van der Waals surface area contributed by atoms with Gasteiger partial charge < -0.3 is 19.9 Å². The standard InChI is InChI=1S/C23H33N3O4/c1-15(2)16(3)24-22(28)17-9-11-25(12-10-17)23(29)18-13-21(27)26(14-18)19-7-5-6-8-20(19)30-4/h5-8,15-18H,9-14H2,1-4H3,(H,24,28). The fraction of sp³-hybridized carbons (Fsp3) is 0.609. The van der Waals surface area contributed by atoms with E-state index < -0.39 is 0 Å². The highest BCUT2D eigenvalue weighted by molar-refractivity contribution is 6.01. The van der Waals surface area contributed by atoms with Crippen LogP contribution in [-0.4, -0.2) is 55.4 Å². The first-order valence-corrected chi connectivity index (χ1v) is 10.8. The number of para-hydroxylation sites is 2. The molecule has 2 unspecified atom stereocenters. The lowest BCUT2D eigenvalue weighted by atomic mass is 9.93. The number of nitrogens with one attached hydrogen (secondary N) is 1. The highest BCUT2D eigenvalue weighted by Gasteiger charge is 2.39. The molecule has 3 amide bonds. The Morgan fingerprint density at radius 3 is 2.40 bits per heavy atom. The number of nitrogens with zero attached hydrogens (tertiary/aromatic N) is 2. The molecular weight excluding hydrogens is 382 g/mol. The quantitative estimate of drug-likeness (QED) is 0.774. The van der Waals surface area contributed by atoms with Gasteiger partial charge in [-0.1, -0.05) is 26.0 Å². The summed E-state index contributed by atoms with van der Waals surface area (Å²) in [6, 6.07) is 7.51. The average Bonchev–Trinajstić information content (AvgIpc) is 3.14. The Bertz CT molecular complexity index is 786. The topological polar surface area (TPSA) is 79.0 Å². The first-order valence-electron chi connectivity index (χ1n) is 10.8. The summed E-state index contributed by atoms with van der Waals surface area (Å²) in [4.78, 5) is 41.6. The maximum absolute atomic E-state index is 13.0. The summed E-state index contributed by atoms with van der Waals surface area (Å²) in [6.07, 6.45) is 1.54. The Kier molecular flexibility index (Phi) is 7.00. The van der Waals surface area contributed by atoms with E-state index in [9.17, 15) is 14.4 Å². The molecule has 2 fully saturated rings. The van der Waals surface area contributed by atoms with Crippen molar-refractivity contribution in [2.45, 2.75) is 46.1 Å². The Morgan fingerprint density at radius 2 is 1.77 bits per heavy atom. The van der Waals surface area contributed by atoms with Crippen LogP contribution in [0.25, 0.3) is 0 Å². The van der Waals surface area contributed by atoms with Crippen molar-refractivity contribution in [3.05, 3.63) is 24.3 Å². The molecular formula is C23H33N3O4. The average molecular weight is 416 g/mol. The normalized spacial score (nSPS) is 21.1. The van der Waals surface area contributed by atoms with Crippen LogP contribution in [0.4, 0.5) is 5.69 Å². The minimum absolute atomic E-state index is 0.00940. The number of rotatable bonds is 6. The van der Waals surface area contributed by atoms with Crippen LogP contribution in [0.5, 0.6) is 5.75 Å². The summed E-state index contributed by atoms with van der Waals surface area (Å²) in [6.45, 7) is 7.68. The molecule has 2 heterocycles. The number of hydrogen-bond acceptors (Lipinski definition) is 4. The summed E-state index contributed by atoms with van der Waals surface area (Å²) >= 11 is 0. The van der Waals surface area contributed by atoms with Gasteiger partial charge in [-0.3, -0.25) is 14.4 Å². The van der Waals surface area contributed by atoms with Crippen LogP contribution in [0.1, 0.15) is 40.0 Å². The van der Waals surface area contributed by atoms with Crippen molar-refractivity contribution in [1.82, 2.24) is 10.2 Å². The third kappa shape index (κ3) is 4.77. The third-order valence-electron chi connectivity index (χ3n) is 6.40. The van der Waals surface area contributed by atoms with E-state index in [0.717, 1.165) is 0 Å². The zero-order valence-electron chi connectivity index (χ0n) is 18.4. The lowest BCUT2D eigenvalue weighted by molar-refractivity contribution is -0.139. The molecule has 2 aliphatic rings. The Hall–Kier alpha value is -2.57. The maximum Gasteiger partial charge on any atom is 0.228 e. The van der Waals surface area contributed by atoms with Gasteiger partial charge in [0, 0.05) is 38.0 Å². The Labute approximate surface area is 178 Å². The zero-order valence-corrected chi connectivity index (χ0v) is 18.4. The van der Waals surface area contributed by atoms with E-state index in [0.29, 0.717) is 49.8 Å². The van der Waals surface area contributed by atoms with E-state index in [1.165, 1.54) is 0 Å². The van der Waals surface area contributed by atoms with Gasteiger partial charge in [-0.15, -0.1) is 0 Å². The largest absolute Gasteiger partial charge is 0.495 e. The second-order valence-corrected chi connectivity index (χ2v) is 8.72. The van der Waals surface area contributed by atoms with Crippen LogP contribution in [0.2, 0.25) is 0 Å². The summed E-state index contributed by atoms with van der Waals surface area (Å²) in [5.41, 5.74) is 0.704. The Balaban J connectivity index is 1.56. The van der Waals surface area contributed by atoms with E-state index in [1.54, 1.807) is 12.0 Å². The monoisotopic (exact) mass is 415 g/mol. The minimum atomic E-state index is -0.353. The molecule has 7 nitrogen and oxygen atoms in total. The van der Waals surface area contributed by atoms with Gasteiger partial charge in [-0.05, 0) is 37.8 Å². The number of hydrogen-bond donors (Lipinski definition) is 1. The number of carbonyl (C=O) groups excluding carboxylic acids is 3. The van der Waals surface area contributed by atoms with Crippen molar-refractivity contribution >= 4 is 23.4 Å². The highest BCUT2D eigenvalue weighted by Crippen LogP contribution is 2.33. The van der Waals surface area contributed by atoms with Crippen molar-refractivity contribution < 1.29 is 19.1 Å². The number of piperidine rings is 1. The molecule has 2 aliphatic heterocycles. The smallest absolute Gasteiger partial charge is 0.228 e. The van der Waals surface area contributed by atoms with Crippen LogP contribution in [0.15, 0.2) is 24.3 Å². The molecule has 2 atom stereocenters. The van der Waals surface area contributed by atoms with Crippen molar-refractivity contribution in [2.24, 2.45) is 17.8 Å². The Morgan fingerprint density at radius 1 is 1.10 bits per heavy atom. The van der Waals surface area contributed by atoms with Gasteiger partial charge in [0.2, 0.25) is 17.7 Å². The molecule has 0 aromatic heterocycles. The van der Waals surface area contributed by atoms with E-state index in [4.69, 9.17) is 4.74 Å². The molecule has 2 saturated heterocycles. The van der Waals surface area contributed by atoms with E-state index in [2.05, 4.69) is 19.2 Å². The first kappa shape index (κ1) is 22.1. The van der Waals surface area contributed by atoms with Gasteiger partial charge in [0.05, 0.1) is 18.7 Å². The van der Waals surface area contributed by atoms with Crippen LogP contribution >= 0.6 is 0 Å². The molecule has 1 N–H and O–H groups in total. The van der Waals surface area contributed by atoms with Crippen molar-refractivity contribution in [3.63, 3.8) is 0 Å². The maximum atomic E-state index is 13.0. The molecule has 0 radical (unpaired) electrons. The molecule has 0 bridgehead atoms. The number of anilines is 1. The van der Waals surface area contributed by atoms with Crippen LogP contribution in [0, 0.1) is 17.8 Å². The van der Waals surface area contributed by atoms with Crippen molar-refractivity contribution in [1.29, 1.82) is 0 Å². The molecule has 164 valence electrons. The molecule has 0 aliphatic carbocycles. The third-order valence-corrected chi connectivity index (χ3v) is 6.40. The SMILES string of the molecule is COc1ccccc1N1CC(C(=O)N2CCC(C(=O)NC(C)C(C)C)CC2)CC1=O. The molecule has 0 spiro atoms. The van der Waals surface area contributed by atoms with Gasteiger partial charge in [0.25, 0.3) is 0 Å². The molecule has 1 aromatic carbocycles. The van der Waals surface area contributed by atoms with Gasteiger partial charge in [-0.2, -0.15) is 0 Å². The summed E-state index contributed by atoms with van der Waals surface area (Å²) in [7, 11) is 1.57. The number of benzene rings is 1. The van der Waals surface area contributed by atoms with Crippen molar-refractivity contribution in [2.75, 3.05) is 31.6 Å². The number of amides is 3. The molecule has 30 heavy (non-hydrogen) atoms. The van der Waals surface area contributed by atoms with Gasteiger partial charge in [0.15, 0.2) is 0 Å². The second kappa shape index (κ2) is 9.49. The fourth-order valence-corrected chi connectivity index (χ4v) is 4.09. The number of likely N-dealkylation sites (tertiary alicyclic amines) is 1. The summed E-state index contributed by atoms with van der Waals surface area (Å²) in [5.74, 6) is 0.647. The molecule has 7 heteroatoms.